The van der Waals surface area contributed by atoms with Gasteiger partial charge in [0.25, 0.3) is 5.91 Å². The van der Waals surface area contributed by atoms with Gasteiger partial charge in [-0.05, 0) is 49.8 Å². The maximum absolute atomic E-state index is 12.2. The molecular formula is C22H25NO6. The maximum Gasteiger partial charge on any atom is 0.331 e. The lowest BCUT2D eigenvalue weighted by atomic mass is 10.2. The number of benzene rings is 2. The molecule has 0 fully saturated rings. The van der Waals surface area contributed by atoms with E-state index in [9.17, 15) is 9.59 Å². The van der Waals surface area contributed by atoms with Crippen molar-refractivity contribution in [3.05, 3.63) is 54.1 Å². The van der Waals surface area contributed by atoms with Crippen LogP contribution >= 0.6 is 0 Å². The molecule has 2 aromatic rings. The molecule has 0 aliphatic heterocycles. The summed E-state index contributed by atoms with van der Waals surface area (Å²) in [5, 5.41) is 2.68. The van der Waals surface area contributed by atoms with Gasteiger partial charge in [-0.3, -0.25) is 4.79 Å². The van der Waals surface area contributed by atoms with Crippen molar-refractivity contribution in [2.45, 2.75) is 20.0 Å². The van der Waals surface area contributed by atoms with Crippen LogP contribution in [0.3, 0.4) is 0 Å². The van der Waals surface area contributed by atoms with Crippen LogP contribution in [-0.2, 0) is 14.3 Å². The molecule has 0 bridgehead atoms. The van der Waals surface area contributed by atoms with Crippen molar-refractivity contribution in [3.63, 3.8) is 0 Å². The Morgan fingerprint density at radius 1 is 1.07 bits per heavy atom. The van der Waals surface area contributed by atoms with E-state index in [0.717, 1.165) is 5.56 Å². The number of methoxy groups -OCH3 is 2. The zero-order valence-corrected chi connectivity index (χ0v) is 16.9. The monoisotopic (exact) mass is 399 g/mol. The van der Waals surface area contributed by atoms with Crippen LogP contribution in [0.25, 0.3) is 6.08 Å². The highest BCUT2D eigenvalue weighted by atomic mass is 16.5. The fraction of sp³-hybridized carbons (Fsp3) is 0.273. The minimum Gasteiger partial charge on any atom is -0.497 e. The second-order valence-electron chi connectivity index (χ2n) is 5.98. The zero-order chi connectivity index (χ0) is 21.2. The van der Waals surface area contributed by atoms with Crippen molar-refractivity contribution in [3.8, 4) is 17.2 Å². The highest BCUT2D eigenvalue weighted by molar-refractivity contribution is 5.96. The van der Waals surface area contributed by atoms with Gasteiger partial charge in [-0.25, -0.2) is 4.79 Å². The minimum atomic E-state index is -0.965. The van der Waals surface area contributed by atoms with Crippen molar-refractivity contribution in [1.29, 1.82) is 0 Å². The van der Waals surface area contributed by atoms with Crippen molar-refractivity contribution in [1.82, 2.24) is 0 Å². The Labute approximate surface area is 170 Å². The van der Waals surface area contributed by atoms with Crippen LogP contribution in [0.1, 0.15) is 19.4 Å². The molecule has 0 heterocycles. The van der Waals surface area contributed by atoms with E-state index in [1.54, 1.807) is 55.7 Å². The molecule has 2 aromatic carbocycles. The van der Waals surface area contributed by atoms with E-state index in [2.05, 4.69) is 5.32 Å². The summed E-state index contributed by atoms with van der Waals surface area (Å²) >= 11 is 0. The van der Waals surface area contributed by atoms with E-state index in [0.29, 0.717) is 29.5 Å². The molecule has 0 aromatic heterocycles. The summed E-state index contributed by atoms with van der Waals surface area (Å²) < 4.78 is 21.0. The van der Waals surface area contributed by atoms with E-state index in [-0.39, 0.29) is 0 Å². The molecule has 7 heteroatoms. The molecule has 0 spiro atoms. The highest BCUT2D eigenvalue weighted by Crippen LogP contribution is 2.28. The number of ether oxygens (including phenoxy) is 4. The van der Waals surface area contributed by atoms with Gasteiger partial charge in [-0.15, -0.1) is 0 Å². The number of carbonyl (C=O) groups is 2. The molecule has 0 radical (unpaired) electrons. The van der Waals surface area contributed by atoms with Crippen molar-refractivity contribution >= 4 is 23.6 Å². The Morgan fingerprint density at radius 2 is 1.86 bits per heavy atom. The van der Waals surface area contributed by atoms with Crippen molar-refractivity contribution < 1.29 is 28.5 Å². The summed E-state index contributed by atoms with van der Waals surface area (Å²) in [6.45, 7) is 3.91. The van der Waals surface area contributed by atoms with Gasteiger partial charge in [0.15, 0.2) is 17.6 Å². The molecule has 29 heavy (non-hydrogen) atoms. The smallest absolute Gasteiger partial charge is 0.331 e. The predicted molar refractivity (Wildman–Crippen MR) is 110 cm³/mol. The lowest BCUT2D eigenvalue weighted by molar-refractivity contribution is -0.148. The molecule has 2 rings (SSSR count). The van der Waals surface area contributed by atoms with Crippen LogP contribution in [0.4, 0.5) is 5.69 Å². The van der Waals surface area contributed by atoms with Crippen LogP contribution in [0.15, 0.2) is 48.5 Å². The predicted octanol–water partition coefficient (Wildman–Crippen LogP) is 3.69. The fourth-order valence-electron chi connectivity index (χ4n) is 2.44. The summed E-state index contributed by atoms with van der Waals surface area (Å²) in [6, 6.07) is 12.2. The van der Waals surface area contributed by atoms with Crippen LogP contribution in [0.2, 0.25) is 0 Å². The van der Waals surface area contributed by atoms with E-state index in [1.807, 2.05) is 6.92 Å². The maximum atomic E-state index is 12.2. The molecule has 7 nitrogen and oxygen atoms in total. The zero-order valence-electron chi connectivity index (χ0n) is 16.9. The first-order chi connectivity index (χ1) is 14.0. The van der Waals surface area contributed by atoms with Crippen LogP contribution in [-0.4, -0.2) is 38.8 Å². The van der Waals surface area contributed by atoms with E-state index >= 15 is 0 Å². The van der Waals surface area contributed by atoms with Crippen molar-refractivity contribution in [2.24, 2.45) is 0 Å². The van der Waals surface area contributed by atoms with Gasteiger partial charge in [-0.1, -0.05) is 12.1 Å². The SMILES string of the molecule is CCOc1ccc(/C=C/C(=O)O[C@@H](C)C(=O)Nc2cccc(OC)c2)cc1OC. The molecule has 0 unspecified atom stereocenters. The summed E-state index contributed by atoms with van der Waals surface area (Å²) in [7, 11) is 3.08. The van der Waals surface area contributed by atoms with Crippen LogP contribution < -0.4 is 19.5 Å². The van der Waals surface area contributed by atoms with Crippen LogP contribution in [0.5, 0.6) is 17.2 Å². The summed E-state index contributed by atoms with van der Waals surface area (Å²) in [4.78, 5) is 24.3. The normalized spacial score (nSPS) is 11.6. The molecule has 0 aliphatic carbocycles. The first kappa shape index (κ1) is 21.8. The molecule has 1 amide bonds. The fourth-order valence-corrected chi connectivity index (χ4v) is 2.44. The number of hydrogen-bond acceptors (Lipinski definition) is 6. The number of amides is 1. The molecular weight excluding hydrogens is 374 g/mol. The van der Waals surface area contributed by atoms with Crippen LogP contribution in [0, 0.1) is 0 Å². The topological polar surface area (TPSA) is 83.1 Å². The molecule has 0 saturated heterocycles. The van der Waals surface area contributed by atoms with E-state index in [4.69, 9.17) is 18.9 Å². The Morgan fingerprint density at radius 3 is 2.55 bits per heavy atom. The van der Waals surface area contributed by atoms with Gasteiger partial charge in [0.05, 0.1) is 20.8 Å². The third kappa shape index (κ3) is 6.57. The molecule has 0 saturated carbocycles. The Hall–Kier alpha value is -3.48. The average molecular weight is 399 g/mol. The van der Waals surface area contributed by atoms with Gasteiger partial charge in [-0.2, -0.15) is 0 Å². The van der Waals surface area contributed by atoms with Gasteiger partial charge in [0.2, 0.25) is 0 Å². The molecule has 1 atom stereocenters. The number of hydrogen-bond donors (Lipinski definition) is 1. The summed E-state index contributed by atoms with van der Waals surface area (Å²) in [5.41, 5.74) is 1.28. The second-order valence-corrected chi connectivity index (χ2v) is 5.98. The summed E-state index contributed by atoms with van der Waals surface area (Å²) in [6.07, 6.45) is 1.87. The van der Waals surface area contributed by atoms with Gasteiger partial charge >= 0.3 is 5.97 Å². The lowest BCUT2D eigenvalue weighted by Crippen LogP contribution is -2.29. The lowest BCUT2D eigenvalue weighted by Gasteiger charge is -2.13. The van der Waals surface area contributed by atoms with Gasteiger partial charge < -0.3 is 24.3 Å². The molecule has 1 N–H and O–H groups in total. The Kier molecular flexibility index (Phi) is 8.09. The first-order valence-electron chi connectivity index (χ1n) is 9.11. The van der Waals surface area contributed by atoms with Crippen molar-refractivity contribution in [2.75, 3.05) is 26.1 Å². The van der Waals surface area contributed by atoms with E-state index in [1.165, 1.54) is 20.1 Å². The van der Waals surface area contributed by atoms with Gasteiger partial charge in [0.1, 0.15) is 5.75 Å². The number of carbonyl (C=O) groups excluding carboxylic acids is 2. The minimum absolute atomic E-state index is 0.442. The van der Waals surface area contributed by atoms with E-state index < -0.39 is 18.0 Å². The Balaban J connectivity index is 1.94. The van der Waals surface area contributed by atoms with Gasteiger partial charge in [0, 0.05) is 17.8 Å². The standard InChI is InChI=1S/C22H25NO6/c1-5-28-19-11-9-16(13-20(19)27-4)10-12-21(24)29-15(2)22(25)23-17-7-6-8-18(14-17)26-3/h6-15H,5H2,1-4H3,(H,23,25)/b12-10+/t15-/m0/s1. The quantitative estimate of drug-likeness (QED) is 0.512. The number of nitrogens with one attached hydrogen (secondary N) is 1. The summed E-state index contributed by atoms with van der Waals surface area (Å²) in [5.74, 6) is 0.723. The third-order valence-corrected chi connectivity index (χ3v) is 3.90. The largest absolute Gasteiger partial charge is 0.497 e. The highest BCUT2D eigenvalue weighted by Gasteiger charge is 2.17. The third-order valence-electron chi connectivity index (χ3n) is 3.90. The number of anilines is 1. The number of esters is 1. The average Bonchev–Trinajstić information content (AvgIpc) is 2.73. The second kappa shape index (κ2) is 10.8. The first-order valence-corrected chi connectivity index (χ1v) is 9.11. The number of rotatable bonds is 9. The molecule has 154 valence electrons. The molecule has 0 aliphatic rings. The Bertz CT molecular complexity index is 877.